The van der Waals surface area contributed by atoms with Crippen LogP contribution in [0.2, 0.25) is 0 Å². The first-order chi connectivity index (χ1) is 10.3. The molecular formula is C17H24N4. The Hall–Kier alpha value is -1.68. The summed E-state index contributed by atoms with van der Waals surface area (Å²) in [6, 6.07) is 10.5. The van der Waals surface area contributed by atoms with E-state index < -0.39 is 0 Å². The maximum Gasteiger partial charge on any atom is 0.155 e. The first-order valence-corrected chi connectivity index (χ1v) is 7.92. The van der Waals surface area contributed by atoms with Crippen LogP contribution in [0.4, 0.5) is 0 Å². The summed E-state index contributed by atoms with van der Waals surface area (Å²) in [6.45, 7) is 5.38. The van der Waals surface area contributed by atoms with E-state index in [0.717, 1.165) is 31.9 Å². The molecule has 0 bridgehead atoms. The minimum atomic E-state index is 0.568. The van der Waals surface area contributed by atoms with Crippen LogP contribution in [-0.4, -0.2) is 39.8 Å². The molecule has 0 N–H and O–H groups in total. The summed E-state index contributed by atoms with van der Waals surface area (Å²) in [5.74, 6) is 2.71. The summed E-state index contributed by atoms with van der Waals surface area (Å²) in [5, 5.41) is 4.71. The van der Waals surface area contributed by atoms with Gasteiger partial charge in [-0.15, -0.1) is 0 Å². The van der Waals surface area contributed by atoms with Crippen LogP contribution in [0.1, 0.15) is 42.9 Å². The topological polar surface area (TPSA) is 34.0 Å². The van der Waals surface area contributed by atoms with Crippen LogP contribution in [0.15, 0.2) is 30.3 Å². The van der Waals surface area contributed by atoms with Crippen molar-refractivity contribution in [2.45, 2.75) is 38.6 Å². The summed E-state index contributed by atoms with van der Waals surface area (Å²) in [7, 11) is 2.20. The number of rotatable bonds is 4. The lowest BCUT2D eigenvalue weighted by atomic mass is 9.96. The van der Waals surface area contributed by atoms with Gasteiger partial charge in [-0.05, 0) is 45.5 Å². The molecule has 0 spiro atoms. The first kappa shape index (κ1) is 14.3. The highest BCUT2D eigenvalue weighted by Crippen LogP contribution is 2.26. The molecule has 1 aliphatic heterocycles. The van der Waals surface area contributed by atoms with Gasteiger partial charge in [0.25, 0.3) is 0 Å². The zero-order valence-electron chi connectivity index (χ0n) is 13.0. The molecule has 3 rings (SSSR count). The van der Waals surface area contributed by atoms with Crippen molar-refractivity contribution < 1.29 is 0 Å². The van der Waals surface area contributed by atoms with Crippen LogP contribution < -0.4 is 0 Å². The molecule has 21 heavy (non-hydrogen) atoms. The van der Waals surface area contributed by atoms with Gasteiger partial charge in [-0.25, -0.2) is 9.67 Å². The molecule has 2 heterocycles. The number of benzene rings is 1. The van der Waals surface area contributed by atoms with Gasteiger partial charge in [-0.1, -0.05) is 30.3 Å². The summed E-state index contributed by atoms with van der Waals surface area (Å²) in [5.41, 5.74) is 1.28. The van der Waals surface area contributed by atoms with Crippen molar-refractivity contribution in [3.8, 4) is 0 Å². The molecule has 0 amide bonds. The average molecular weight is 284 g/mol. The third-order valence-corrected chi connectivity index (χ3v) is 4.33. The Morgan fingerprint density at radius 3 is 2.52 bits per heavy atom. The first-order valence-electron chi connectivity index (χ1n) is 7.92. The molecule has 0 radical (unpaired) electrons. The number of likely N-dealkylation sites (tertiary alicyclic amines) is 1. The van der Waals surface area contributed by atoms with Gasteiger partial charge in [0, 0.05) is 18.9 Å². The molecule has 4 nitrogen and oxygen atoms in total. The maximum absolute atomic E-state index is 4.86. The van der Waals surface area contributed by atoms with E-state index >= 15 is 0 Å². The minimum absolute atomic E-state index is 0.568. The van der Waals surface area contributed by atoms with Crippen LogP contribution in [0.25, 0.3) is 0 Å². The Morgan fingerprint density at radius 2 is 1.86 bits per heavy atom. The van der Waals surface area contributed by atoms with Gasteiger partial charge in [0.05, 0.1) is 0 Å². The van der Waals surface area contributed by atoms with Crippen LogP contribution in [0.5, 0.6) is 0 Å². The molecule has 0 atom stereocenters. The van der Waals surface area contributed by atoms with Crippen molar-refractivity contribution in [1.29, 1.82) is 0 Å². The SMILES string of the molecule is CCn1nc(Cc2ccccc2)nc1C1CCN(C)CC1. The number of aromatic nitrogens is 3. The van der Waals surface area contributed by atoms with Gasteiger partial charge in [-0.3, -0.25) is 0 Å². The monoisotopic (exact) mass is 284 g/mol. The second-order valence-corrected chi connectivity index (χ2v) is 5.94. The van der Waals surface area contributed by atoms with E-state index in [0.29, 0.717) is 5.92 Å². The summed E-state index contributed by atoms with van der Waals surface area (Å²) in [6.07, 6.45) is 3.22. The van der Waals surface area contributed by atoms with E-state index in [1.165, 1.54) is 24.2 Å². The zero-order valence-corrected chi connectivity index (χ0v) is 13.0. The number of aryl methyl sites for hydroxylation is 1. The molecule has 1 saturated heterocycles. The molecular weight excluding hydrogens is 260 g/mol. The van der Waals surface area contributed by atoms with E-state index in [-0.39, 0.29) is 0 Å². The Balaban J connectivity index is 1.78. The molecule has 1 aromatic carbocycles. The van der Waals surface area contributed by atoms with Crippen LogP contribution >= 0.6 is 0 Å². The zero-order chi connectivity index (χ0) is 14.7. The second-order valence-electron chi connectivity index (χ2n) is 5.94. The molecule has 4 heteroatoms. The molecule has 112 valence electrons. The summed E-state index contributed by atoms with van der Waals surface area (Å²) in [4.78, 5) is 7.26. The van der Waals surface area contributed by atoms with Gasteiger partial charge < -0.3 is 4.90 Å². The van der Waals surface area contributed by atoms with Gasteiger partial charge in [-0.2, -0.15) is 5.10 Å². The molecule has 0 saturated carbocycles. The van der Waals surface area contributed by atoms with E-state index in [9.17, 15) is 0 Å². The quantitative estimate of drug-likeness (QED) is 0.865. The molecule has 0 unspecified atom stereocenters. The minimum Gasteiger partial charge on any atom is -0.306 e. The fraction of sp³-hybridized carbons (Fsp3) is 0.529. The molecule has 1 aromatic heterocycles. The van der Waals surface area contributed by atoms with Crippen LogP contribution in [-0.2, 0) is 13.0 Å². The van der Waals surface area contributed by atoms with Gasteiger partial charge in [0.15, 0.2) is 5.82 Å². The van der Waals surface area contributed by atoms with Crippen molar-refractivity contribution in [2.75, 3.05) is 20.1 Å². The Bertz CT molecular complexity index is 568. The Labute approximate surface area is 126 Å². The van der Waals surface area contributed by atoms with Crippen LogP contribution in [0, 0.1) is 0 Å². The lowest BCUT2D eigenvalue weighted by Gasteiger charge is -2.28. The smallest absolute Gasteiger partial charge is 0.155 e. The fourth-order valence-electron chi connectivity index (χ4n) is 3.06. The van der Waals surface area contributed by atoms with E-state index in [4.69, 9.17) is 10.1 Å². The standard InChI is InChI=1S/C17H24N4/c1-3-21-17(15-9-11-20(2)12-10-15)18-16(19-21)13-14-7-5-4-6-8-14/h4-8,15H,3,9-13H2,1-2H3. The third kappa shape index (κ3) is 3.32. The van der Waals surface area contributed by atoms with Crippen molar-refractivity contribution >= 4 is 0 Å². The van der Waals surface area contributed by atoms with Crippen molar-refractivity contribution in [2.24, 2.45) is 0 Å². The maximum atomic E-state index is 4.86. The molecule has 1 aliphatic rings. The fourth-order valence-corrected chi connectivity index (χ4v) is 3.06. The van der Waals surface area contributed by atoms with Crippen molar-refractivity contribution in [3.63, 3.8) is 0 Å². The number of hydrogen-bond donors (Lipinski definition) is 0. The Kier molecular flexibility index (Phi) is 4.34. The normalized spacial score (nSPS) is 17.2. The summed E-state index contributed by atoms with van der Waals surface area (Å²) >= 11 is 0. The highest BCUT2D eigenvalue weighted by molar-refractivity contribution is 5.19. The second kappa shape index (κ2) is 6.39. The van der Waals surface area contributed by atoms with Gasteiger partial charge in [0.2, 0.25) is 0 Å². The highest BCUT2D eigenvalue weighted by atomic mass is 15.3. The lowest BCUT2D eigenvalue weighted by molar-refractivity contribution is 0.248. The largest absolute Gasteiger partial charge is 0.306 e. The lowest BCUT2D eigenvalue weighted by Crippen LogP contribution is -2.30. The average Bonchev–Trinajstić information content (AvgIpc) is 2.92. The van der Waals surface area contributed by atoms with Gasteiger partial charge in [0.1, 0.15) is 5.82 Å². The Morgan fingerprint density at radius 1 is 1.14 bits per heavy atom. The molecule has 0 aliphatic carbocycles. The van der Waals surface area contributed by atoms with E-state index in [1.807, 2.05) is 6.07 Å². The number of hydrogen-bond acceptors (Lipinski definition) is 3. The van der Waals surface area contributed by atoms with E-state index in [2.05, 4.69) is 47.8 Å². The predicted molar refractivity (Wildman–Crippen MR) is 84.4 cm³/mol. The van der Waals surface area contributed by atoms with E-state index in [1.54, 1.807) is 0 Å². The van der Waals surface area contributed by atoms with Gasteiger partial charge >= 0.3 is 0 Å². The predicted octanol–water partition coefficient (Wildman–Crippen LogP) is 2.70. The van der Waals surface area contributed by atoms with Crippen molar-refractivity contribution in [1.82, 2.24) is 19.7 Å². The number of nitrogens with zero attached hydrogens (tertiary/aromatic N) is 4. The molecule has 2 aromatic rings. The number of piperidine rings is 1. The molecule has 1 fully saturated rings. The summed E-state index contributed by atoms with van der Waals surface area (Å²) < 4.78 is 2.11. The van der Waals surface area contributed by atoms with Crippen molar-refractivity contribution in [3.05, 3.63) is 47.5 Å². The third-order valence-electron chi connectivity index (χ3n) is 4.33. The highest BCUT2D eigenvalue weighted by Gasteiger charge is 2.23. The van der Waals surface area contributed by atoms with Crippen LogP contribution in [0.3, 0.4) is 0 Å².